The first-order valence-corrected chi connectivity index (χ1v) is 9.94. The van der Waals surface area contributed by atoms with E-state index in [2.05, 4.69) is 5.32 Å². The van der Waals surface area contributed by atoms with Gasteiger partial charge in [-0.05, 0) is 31.0 Å². The minimum absolute atomic E-state index is 0.0276. The lowest BCUT2D eigenvalue weighted by Gasteiger charge is -2.23. The molecule has 0 radical (unpaired) electrons. The van der Waals surface area contributed by atoms with Crippen LogP contribution >= 0.6 is 0 Å². The fourth-order valence-corrected chi connectivity index (χ4v) is 3.06. The maximum absolute atomic E-state index is 12.4. The molecule has 31 heavy (non-hydrogen) atoms. The van der Waals surface area contributed by atoms with Crippen LogP contribution in [-0.4, -0.2) is 31.6 Å². The Labute approximate surface area is 181 Å². The summed E-state index contributed by atoms with van der Waals surface area (Å²) in [7, 11) is 0. The molecule has 8 heteroatoms. The Kier molecular flexibility index (Phi) is 7.94. The molecule has 1 unspecified atom stereocenters. The Bertz CT molecular complexity index is 1030. The first kappa shape index (κ1) is 23.2. The number of allylic oxidation sites excluding steroid dienone is 2. The van der Waals surface area contributed by atoms with Gasteiger partial charge in [0.1, 0.15) is 24.8 Å². The monoisotopic (exact) mass is 417 g/mol. The van der Waals surface area contributed by atoms with Crippen molar-refractivity contribution in [3.05, 3.63) is 46.7 Å². The Hall–Kier alpha value is -4.09. The van der Waals surface area contributed by atoms with Gasteiger partial charge < -0.3 is 15.0 Å². The van der Waals surface area contributed by atoms with E-state index in [1.54, 1.807) is 24.3 Å². The summed E-state index contributed by atoms with van der Waals surface area (Å²) in [6.07, 6.45) is 0.729. The molecule has 0 bridgehead atoms. The van der Waals surface area contributed by atoms with Crippen LogP contribution in [0.15, 0.2) is 41.1 Å². The number of carbonyl (C=O) groups is 2. The molecule has 1 aromatic rings. The quantitative estimate of drug-likeness (QED) is 0.508. The largest absolute Gasteiger partial charge is 0.464 e. The van der Waals surface area contributed by atoms with Gasteiger partial charge >= 0.3 is 5.97 Å². The van der Waals surface area contributed by atoms with Crippen LogP contribution in [0.3, 0.4) is 0 Å². The van der Waals surface area contributed by atoms with Gasteiger partial charge in [-0.25, -0.2) is 0 Å². The zero-order valence-electron chi connectivity index (χ0n) is 17.7. The average Bonchev–Trinajstić information content (AvgIpc) is 3.12. The number of nitrogens with zero attached hydrogens (tertiary/aromatic N) is 4. The Balaban J connectivity index is 2.23. The second-order valence-corrected chi connectivity index (χ2v) is 6.89. The fraction of sp³-hybridized carbons (Fsp3) is 0.348. The molecule has 0 aliphatic carbocycles. The van der Waals surface area contributed by atoms with Crippen molar-refractivity contribution >= 4 is 23.1 Å². The van der Waals surface area contributed by atoms with Crippen LogP contribution in [0, 0.1) is 39.9 Å². The molecule has 1 atom stereocenters. The summed E-state index contributed by atoms with van der Waals surface area (Å²) < 4.78 is 5.32. The SMILES string of the molecule is CCC(C)C(=O)OCCN(CC)c1ccc(C2=C(C#N)C(=C(C#N)C#N)NC2=O)cc1. The van der Waals surface area contributed by atoms with Crippen molar-refractivity contribution in [2.24, 2.45) is 5.92 Å². The van der Waals surface area contributed by atoms with Crippen molar-refractivity contribution < 1.29 is 14.3 Å². The molecule has 1 aliphatic rings. The number of hydrogen-bond acceptors (Lipinski definition) is 7. The van der Waals surface area contributed by atoms with Crippen molar-refractivity contribution in [3.8, 4) is 18.2 Å². The van der Waals surface area contributed by atoms with E-state index in [1.165, 1.54) is 0 Å². The van der Waals surface area contributed by atoms with E-state index in [0.717, 1.165) is 12.1 Å². The zero-order valence-corrected chi connectivity index (χ0v) is 17.7. The number of esters is 1. The van der Waals surface area contributed by atoms with E-state index in [4.69, 9.17) is 15.3 Å². The van der Waals surface area contributed by atoms with Crippen LogP contribution in [0.2, 0.25) is 0 Å². The third kappa shape index (κ3) is 5.10. The lowest BCUT2D eigenvalue weighted by molar-refractivity contribution is -0.147. The van der Waals surface area contributed by atoms with Crippen molar-refractivity contribution in [3.63, 3.8) is 0 Å². The zero-order chi connectivity index (χ0) is 23.0. The number of anilines is 1. The van der Waals surface area contributed by atoms with Gasteiger partial charge in [-0.3, -0.25) is 9.59 Å². The summed E-state index contributed by atoms with van der Waals surface area (Å²) in [4.78, 5) is 26.3. The maximum Gasteiger partial charge on any atom is 0.308 e. The molecule has 2 rings (SSSR count). The Morgan fingerprint density at radius 2 is 1.81 bits per heavy atom. The molecule has 158 valence electrons. The van der Waals surface area contributed by atoms with Gasteiger partial charge in [0.05, 0.1) is 29.3 Å². The number of hydrogen-bond donors (Lipinski definition) is 1. The van der Waals surface area contributed by atoms with Crippen LogP contribution in [0.5, 0.6) is 0 Å². The number of likely N-dealkylation sites (N-methyl/N-ethyl adjacent to an activating group) is 1. The van der Waals surface area contributed by atoms with E-state index in [0.29, 0.717) is 18.7 Å². The summed E-state index contributed by atoms with van der Waals surface area (Å²) in [6, 6.07) is 12.3. The molecule has 1 heterocycles. The number of carbonyl (C=O) groups excluding carboxylic acids is 2. The second-order valence-electron chi connectivity index (χ2n) is 6.89. The van der Waals surface area contributed by atoms with Gasteiger partial charge in [0.2, 0.25) is 0 Å². The lowest BCUT2D eigenvalue weighted by atomic mass is 9.99. The van der Waals surface area contributed by atoms with E-state index in [1.807, 2.05) is 43.9 Å². The first-order chi connectivity index (χ1) is 14.9. The third-order valence-corrected chi connectivity index (χ3v) is 5.07. The number of ether oxygens (including phenoxy) is 1. The minimum Gasteiger partial charge on any atom is -0.464 e. The average molecular weight is 417 g/mol. The second kappa shape index (κ2) is 10.6. The predicted molar refractivity (Wildman–Crippen MR) is 114 cm³/mol. The molecule has 1 amide bonds. The highest BCUT2D eigenvalue weighted by Gasteiger charge is 2.31. The van der Waals surface area contributed by atoms with Crippen molar-refractivity contribution in [2.75, 3.05) is 24.6 Å². The Morgan fingerprint density at radius 1 is 1.16 bits per heavy atom. The summed E-state index contributed by atoms with van der Waals surface area (Å²) in [6.45, 7) is 7.22. The van der Waals surface area contributed by atoms with Crippen LogP contribution in [0.4, 0.5) is 5.69 Å². The van der Waals surface area contributed by atoms with Crippen LogP contribution in [0.25, 0.3) is 5.57 Å². The number of amides is 1. The topological polar surface area (TPSA) is 130 Å². The number of nitriles is 3. The number of benzene rings is 1. The summed E-state index contributed by atoms with van der Waals surface area (Å²) >= 11 is 0. The summed E-state index contributed by atoms with van der Waals surface area (Å²) in [5.74, 6) is -0.877. The first-order valence-electron chi connectivity index (χ1n) is 9.94. The molecular weight excluding hydrogens is 394 g/mol. The third-order valence-electron chi connectivity index (χ3n) is 5.07. The van der Waals surface area contributed by atoms with E-state index in [-0.39, 0.29) is 40.9 Å². The van der Waals surface area contributed by atoms with Gasteiger partial charge in [-0.1, -0.05) is 26.0 Å². The Morgan fingerprint density at radius 3 is 2.32 bits per heavy atom. The van der Waals surface area contributed by atoms with Crippen LogP contribution in [0.1, 0.15) is 32.8 Å². The smallest absolute Gasteiger partial charge is 0.308 e. The van der Waals surface area contributed by atoms with E-state index < -0.39 is 5.91 Å². The number of rotatable bonds is 8. The standard InChI is InChI=1S/C23H23N5O3/c1-4-15(3)23(30)31-11-10-28(5-2)18-8-6-16(7-9-18)20-19(14-26)21(27-22(20)29)17(12-24)13-25/h6-9,15H,4-5,10-11H2,1-3H3,(H,27,29). The van der Waals surface area contributed by atoms with Crippen molar-refractivity contribution in [2.45, 2.75) is 27.2 Å². The minimum atomic E-state index is -0.536. The van der Waals surface area contributed by atoms with Gasteiger partial charge in [0.15, 0.2) is 5.57 Å². The van der Waals surface area contributed by atoms with E-state index in [9.17, 15) is 14.9 Å². The van der Waals surface area contributed by atoms with Gasteiger partial charge in [0, 0.05) is 12.2 Å². The van der Waals surface area contributed by atoms with Crippen molar-refractivity contribution in [1.29, 1.82) is 15.8 Å². The predicted octanol–water partition coefficient (Wildman–Crippen LogP) is 2.81. The molecule has 1 aliphatic heterocycles. The summed E-state index contributed by atoms with van der Waals surface area (Å²) in [5.41, 5.74) is 1.09. The lowest BCUT2D eigenvalue weighted by Crippen LogP contribution is -2.28. The molecule has 0 saturated carbocycles. The van der Waals surface area contributed by atoms with Crippen LogP contribution in [-0.2, 0) is 14.3 Å². The number of nitrogens with one attached hydrogen (secondary N) is 1. The maximum atomic E-state index is 12.4. The normalized spacial score (nSPS) is 13.5. The molecule has 0 saturated heterocycles. The van der Waals surface area contributed by atoms with E-state index >= 15 is 0 Å². The molecule has 8 nitrogen and oxygen atoms in total. The molecule has 0 aromatic heterocycles. The fourth-order valence-electron chi connectivity index (χ4n) is 3.06. The molecule has 0 fully saturated rings. The molecular formula is C23H23N5O3. The highest BCUT2D eigenvalue weighted by atomic mass is 16.5. The molecule has 0 spiro atoms. The van der Waals surface area contributed by atoms with Gasteiger partial charge in [-0.2, -0.15) is 15.8 Å². The summed E-state index contributed by atoms with van der Waals surface area (Å²) in [5, 5.41) is 30.1. The van der Waals surface area contributed by atoms with Gasteiger partial charge in [0.25, 0.3) is 5.91 Å². The molecule has 1 aromatic carbocycles. The highest BCUT2D eigenvalue weighted by Crippen LogP contribution is 2.31. The van der Waals surface area contributed by atoms with Crippen molar-refractivity contribution in [1.82, 2.24) is 5.32 Å². The van der Waals surface area contributed by atoms with Gasteiger partial charge in [-0.15, -0.1) is 0 Å². The highest BCUT2D eigenvalue weighted by molar-refractivity contribution is 6.26. The molecule has 1 N–H and O–H groups in total. The van der Waals surface area contributed by atoms with Crippen LogP contribution < -0.4 is 10.2 Å².